The molecule has 1 aliphatic rings. The fraction of sp³-hybridized carbons (Fsp3) is 0.350. The number of halogens is 3. The number of H-pyrrole nitrogens is 1. The third-order valence-electron chi connectivity index (χ3n) is 4.90. The summed E-state index contributed by atoms with van der Waals surface area (Å²) < 4.78 is 33.6. The van der Waals surface area contributed by atoms with E-state index < -0.39 is 12.1 Å². The van der Waals surface area contributed by atoms with Crippen LogP contribution >= 0.6 is 0 Å². The number of imidazole rings is 1. The van der Waals surface area contributed by atoms with Gasteiger partial charge in [-0.15, -0.1) is 0 Å². The van der Waals surface area contributed by atoms with Crippen molar-refractivity contribution in [2.45, 2.75) is 19.6 Å². The number of nitrogens with one attached hydrogen (secondary N) is 1. The van der Waals surface area contributed by atoms with E-state index in [1.165, 1.54) is 0 Å². The van der Waals surface area contributed by atoms with E-state index in [1.54, 1.807) is 12.5 Å². The first-order valence-corrected chi connectivity index (χ1v) is 10.0. The Balaban J connectivity index is 0.000000383. The second-order valence-corrected chi connectivity index (χ2v) is 6.97. The van der Waals surface area contributed by atoms with Gasteiger partial charge in [0, 0.05) is 56.2 Å². The molecule has 2 N–H and O–H groups in total. The summed E-state index contributed by atoms with van der Waals surface area (Å²) >= 11 is 0. The fourth-order valence-electron chi connectivity index (χ4n) is 3.21. The molecule has 0 atom stereocenters. The quantitative estimate of drug-likeness (QED) is 0.607. The van der Waals surface area contributed by atoms with E-state index in [4.69, 9.17) is 9.90 Å². The summed E-state index contributed by atoms with van der Waals surface area (Å²) in [5, 5.41) is 11.3. The molecular weight excluding hydrogens is 443 g/mol. The summed E-state index contributed by atoms with van der Waals surface area (Å²) in [5.41, 5.74) is 1.66. The van der Waals surface area contributed by atoms with Crippen molar-refractivity contribution < 1.29 is 27.9 Å². The van der Waals surface area contributed by atoms with Crippen LogP contribution < -0.4 is 4.90 Å². The van der Waals surface area contributed by atoms with E-state index in [0.29, 0.717) is 18.7 Å². The zero-order valence-corrected chi connectivity index (χ0v) is 17.7. The number of benzene rings is 1. The van der Waals surface area contributed by atoms with Gasteiger partial charge in [0.25, 0.3) is 5.91 Å². The van der Waals surface area contributed by atoms with Crippen LogP contribution in [0.2, 0.25) is 0 Å². The van der Waals surface area contributed by atoms with Crippen LogP contribution in [-0.2, 0) is 11.3 Å². The second-order valence-electron chi connectivity index (χ2n) is 6.97. The van der Waals surface area contributed by atoms with Gasteiger partial charge >= 0.3 is 12.1 Å². The SMILES string of the molecule is CCn1ncnc1-c1ccc(C(=O)N2CCN(c3ncc[nH]3)CC2)cc1.O=C(O)C(F)(F)F. The number of hydrogen-bond donors (Lipinski definition) is 2. The Hall–Kier alpha value is -3.90. The number of amides is 1. The minimum atomic E-state index is -5.08. The Morgan fingerprint density at radius 3 is 2.24 bits per heavy atom. The van der Waals surface area contributed by atoms with Crippen molar-refractivity contribution >= 4 is 17.8 Å². The van der Waals surface area contributed by atoms with Crippen LogP contribution in [0.5, 0.6) is 0 Å². The average Bonchev–Trinajstić information content (AvgIpc) is 3.51. The van der Waals surface area contributed by atoms with Gasteiger partial charge < -0.3 is 19.9 Å². The number of rotatable bonds is 4. The van der Waals surface area contributed by atoms with Crippen LogP contribution in [0.4, 0.5) is 19.1 Å². The van der Waals surface area contributed by atoms with E-state index >= 15 is 0 Å². The number of hydrogen-bond acceptors (Lipinski definition) is 6. The van der Waals surface area contributed by atoms with Crippen molar-refractivity contribution in [3.63, 3.8) is 0 Å². The predicted molar refractivity (Wildman–Crippen MR) is 112 cm³/mol. The molecule has 1 fully saturated rings. The van der Waals surface area contributed by atoms with Crippen LogP contribution in [0.15, 0.2) is 43.0 Å². The van der Waals surface area contributed by atoms with Crippen LogP contribution in [0.3, 0.4) is 0 Å². The Labute approximate surface area is 186 Å². The zero-order chi connectivity index (χ0) is 24.0. The van der Waals surface area contributed by atoms with Gasteiger partial charge in [0.1, 0.15) is 6.33 Å². The number of carbonyl (C=O) groups is 2. The van der Waals surface area contributed by atoms with Crippen molar-refractivity contribution in [1.82, 2.24) is 29.6 Å². The highest BCUT2D eigenvalue weighted by Gasteiger charge is 2.38. The smallest absolute Gasteiger partial charge is 0.475 e. The zero-order valence-electron chi connectivity index (χ0n) is 17.7. The van der Waals surface area contributed by atoms with Crippen LogP contribution in [0.1, 0.15) is 17.3 Å². The van der Waals surface area contributed by atoms with Crippen molar-refractivity contribution in [2.75, 3.05) is 31.1 Å². The van der Waals surface area contributed by atoms with E-state index in [-0.39, 0.29) is 5.91 Å². The molecule has 1 amide bonds. The van der Waals surface area contributed by atoms with Crippen molar-refractivity contribution in [2.24, 2.45) is 0 Å². The molecule has 0 saturated carbocycles. The van der Waals surface area contributed by atoms with Gasteiger partial charge in [0.2, 0.25) is 5.95 Å². The molecule has 0 aliphatic carbocycles. The largest absolute Gasteiger partial charge is 0.490 e. The lowest BCUT2D eigenvalue weighted by molar-refractivity contribution is -0.192. The number of nitrogens with zero attached hydrogens (tertiary/aromatic N) is 6. The van der Waals surface area contributed by atoms with Gasteiger partial charge in [-0.1, -0.05) is 12.1 Å². The number of anilines is 1. The number of carboxylic acid groups (broad SMARTS) is 1. The van der Waals surface area contributed by atoms with Crippen molar-refractivity contribution in [3.05, 3.63) is 48.5 Å². The molecular formula is C20H22F3N7O3. The first kappa shape index (κ1) is 23.8. The molecule has 0 bridgehead atoms. The number of piperazine rings is 1. The summed E-state index contributed by atoms with van der Waals surface area (Å²) in [4.78, 5) is 37.4. The third kappa shape index (κ3) is 5.87. The topological polar surface area (TPSA) is 120 Å². The lowest BCUT2D eigenvalue weighted by Crippen LogP contribution is -2.49. The Morgan fingerprint density at radius 2 is 1.73 bits per heavy atom. The first-order valence-electron chi connectivity index (χ1n) is 10.0. The number of carbonyl (C=O) groups excluding carboxylic acids is 1. The highest BCUT2D eigenvalue weighted by atomic mass is 19.4. The summed E-state index contributed by atoms with van der Waals surface area (Å²) in [6.45, 7) is 5.71. The monoisotopic (exact) mass is 465 g/mol. The lowest BCUT2D eigenvalue weighted by Gasteiger charge is -2.34. The molecule has 3 heterocycles. The Bertz CT molecular complexity index is 1060. The Morgan fingerprint density at radius 1 is 1.09 bits per heavy atom. The average molecular weight is 465 g/mol. The molecule has 4 rings (SSSR count). The van der Waals surface area contributed by atoms with Gasteiger partial charge in [-0.3, -0.25) is 4.79 Å². The predicted octanol–water partition coefficient (Wildman–Crippen LogP) is 2.28. The minimum Gasteiger partial charge on any atom is -0.475 e. The maximum atomic E-state index is 12.8. The van der Waals surface area contributed by atoms with E-state index in [9.17, 15) is 18.0 Å². The first-order chi connectivity index (χ1) is 15.7. The van der Waals surface area contributed by atoms with Gasteiger partial charge in [-0.2, -0.15) is 18.3 Å². The fourth-order valence-corrected chi connectivity index (χ4v) is 3.21. The van der Waals surface area contributed by atoms with E-state index in [0.717, 1.165) is 37.0 Å². The molecule has 13 heteroatoms. The maximum absolute atomic E-state index is 12.8. The van der Waals surface area contributed by atoms with Gasteiger partial charge in [0.15, 0.2) is 5.82 Å². The van der Waals surface area contributed by atoms with Gasteiger partial charge in [-0.25, -0.2) is 19.4 Å². The standard InChI is InChI=1S/C18H21N7O.C2HF3O2/c1-2-25-16(21-13-22-25)14-3-5-15(6-4-14)17(26)23-9-11-24(12-10-23)18-19-7-8-20-18;3-2(4,5)1(6)7/h3-8,13H,2,9-12H2,1H3,(H,19,20);(H,6,7). The molecule has 1 saturated heterocycles. The molecule has 10 nitrogen and oxygen atoms in total. The lowest BCUT2D eigenvalue weighted by atomic mass is 10.1. The van der Waals surface area contributed by atoms with Crippen LogP contribution in [0.25, 0.3) is 11.4 Å². The number of aliphatic carboxylic acids is 1. The summed E-state index contributed by atoms with van der Waals surface area (Å²) in [6, 6.07) is 7.60. The third-order valence-corrected chi connectivity index (χ3v) is 4.90. The summed E-state index contributed by atoms with van der Waals surface area (Å²) in [5.74, 6) is -1.01. The molecule has 0 radical (unpaired) electrons. The van der Waals surface area contributed by atoms with Crippen molar-refractivity contribution in [1.29, 1.82) is 0 Å². The number of carboxylic acids is 1. The number of alkyl halides is 3. The van der Waals surface area contributed by atoms with Crippen LogP contribution in [0, 0.1) is 0 Å². The molecule has 2 aromatic heterocycles. The number of aryl methyl sites for hydroxylation is 1. The molecule has 33 heavy (non-hydrogen) atoms. The van der Waals surface area contributed by atoms with Gasteiger partial charge in [-0.05, 0) is 19.1 Å². The Kier molecular flexibility index (Phi) is 7.30. The number of aromatic nitrogens is 5. The number of aromatic amines is 1. The van der Waals surface area contributed by atoms with Gasteiger partial charge in [0.05, 0.1) is 0 Å². The minimum absolute atomic E-state index is 0.0626. The van der Waals surface area contributed by atoms with E-state index in [1.807, 2.05) is 47.0 Å². The molecule has 1 aromatic carbocycles. The molecule has 0 spiro atoms. The maximum Gasteiger partial charge on any atom is 0.490 e. The highest BCUT2D eigenvalue weighted by Crippen LogP contribution is 2.19. The summed E-state index contributed by atoms with van der Waals surface area (Å²) in [7, 11) is 0. The highest BCUT2D eigenvalue weighted by molar-refractivity contribution is 5.94. The summed E-state index contributed by atoms with van der Waals surface area (Å²) in [6.07, 6.45) is 0.0257. The van der Waals surface area contributed by atoms with Crippen molar-refractivity contribution in [3.8, 4) is 11.4 Å². The molecule has 0 unspecified atom stereocenters. The van der Waals surface area contributed by atoms with Crippen LogP contribution in [-0.4, -0.2) is 79.0 Å². The second kappa shape index (κ2) is 10.1. The molecule has 3 aromatic rings. The molecule has 176 valence electrons. The van der Waals surface area contributed by atoms with E-state index in [2.05, 4.69) is 25.0 Å². The normalized spacial score (nSPS) is 13.9. The molecule has 1 aliphatic heterocycles.